The molecule has 2 aromatic rings. The predicted molar refractivity (Wildman–Crippen MR) is 182 cm³/mol. The van der Waals surface area contributed by atoms with E-state index in [4.69, 9.17) is 21.1 Å². The van der Waals surface area contributed by atoms with E-state index in [1.807, 2.05) is 31.2 Å². The number of urea groups is 1. The Morgan fingerprint density at radius 3 is 2.71 bits per heavy atom. The lowest BCUT2D eigenvalue weighted by atomic mass is 9.70. The van der Waals surface area contributed by atoms with Gasteiger partial charge in [0.25, 0.3) is 11.8 Å². The Labute approximate surface area is 286 Å². The minimum atomic E-state index is -3.71. The minimum Gasteiger partial charge on any atom is -0.491 e. The number of rotatable bonds is 3. The monoisotopic (exact) mass is 704 g/mol. The summed E-state index contributed by atoms with van der Waals surface area (Å²) in [7, 11) is -2.00. The van der Waals surface area contributed by atoms with Crippen LogP contribution in [0.4, 0.5) is 19.3 Å². The lowest BCUT2D eigenvalue weighted by molar-refractivity contribution is 0.0133. The summed E-state index contributed by atoms with van der Waals surface area (Å²) >= 11 is 6.42. The summed E-state index contributed by atoms with van der Waals surface area (Å²) in [5.74, 6) is -2.98. The molecule has 2 heterocycles. The van der Waals surface area contributed by atoms with Crippen molar-refractivity contribution in [2.45, 2.75) is 76.5 Å². The maximum atomic E-state index is 14.2. The number of fused-ring (bicyclic) bond motifs is 3. The molecule has 48 heavy (non-hydrogen) atoms. The van der Waals surface area contributed by atoms with Gasteiger partial charge < -0.3 is 19.7 Å². The summed E-state index contributed by atoms with van der Waals surface area (Å²) in [4.78, 5) is 28.7. The van der Waals surface area contributed by atoms with E-state index in [1.165, 1.54) is 5.56 Å². The molecule has 2 saturated carbocycles. The number of anilines is 1. The number of alkyl halides is 2. The average Bonchev–Trinajstić information content (AvgIpc) is 3.62. The van der Waals surface area contributed by atoms with E-state index in [0.29, 0.717) is 48.5 Å². The SMILES string of the molecule is CO[C@H]1/C=C/C[C@H](C)C[S@@](=O)(NC(=O)N[C@H]2CC2(F)F)=NC(=O)c2ccc3c(c2)N(Cc2ccc(Cl)cc2CCCCO3)C[C@@H]2CC[C@H]21. The zero-order valence-electron chi connectivity index (χ0n) is 27.3. The number of nitrogens with one attached hydrogen (secondary N) is 2. The van der Waals surface area contributed by atoms with Crippen LogP contribution in [0.1, 0.15) is 66.9 Å². The van der Waals surface area contributed by atoms with Crippen molar-refractivity contribution in [1.82, 2.24) is 10.0 Å². The normalized spacial score (nSPS) is 30.9. The average molecular weight is 705 g/mol. The van der Waals surface area contributed by atoms with Crippen LogP contribution in [-0.2, 0) is 27.6 Å². The van der Waals surface area contributed by atoms with Crippen LogP contribution >= 0.6 is 11.6 Å². The number of halogens is 3. The van der Waals surface area contributed by atoms with Gasteiger partial charge in [0.15, 0.2) is 0 Å². The fourth-order valence-electron chi connectivity index (χ4n) is 6.88. The highest BCUT2D eigenvalue weighted by Gasteiger charge is 2.58. The van der Waals surface area contributed by atoms with E-state index < -0.39 is 40.2 Å². The van der Waals surface area contributed by atoms with Crippen molar-refractivity contribution in [3.8, 4) is 5.75 Å². The third-order valence-corrected chi connectivity index (χ3v) is 12.0. The largest absolute Gasteiger partial charge is 0.491 e. The van der Waals surface area contributed by atoms with Crippen molar-refractivity contribution in [2.75, 3.05) is 30.9 Å². The molecule has 0 saturated heterocycles. The molecule has 6 rings (SSSR count). The first-order valence-electron chi connectivity index (χ1n) is 16.7. The maximum absolute atomic E-state index is 14.2. The third kappa shape index (κ3) is 8.14. The minimum absolute atomic E-state index is 0.124. The molecule has 9 nitrogen and oxygen atoms in total. The first-order chi connectivity index (χ1) is 22.9. The Hall–Kier alpha value is -3.22. The summed E-state index contributed by atoms with van der Waals surface area (Å²) in [6.45, 7) is 3.57. The van der Waals surface area contributed by atoms with Crippen molar-refractivity contribution in [3.05, 3.63) is 70.3 Å². The van der Waals surface area contributed by atoms with Gasteiger partial charge in [0, 0.05) is 37.2 Å². The van der Waals surface area contributed by atoms with E-state index >= 15 is 0 Å². The molecule has 6 atom stereocenters. The van der Waals surface area contributed by atoms with E-state index in [1.54, 1.807) is 25.3 Å². The van der Waals surface area contributed by atoms with E-state index in [9.17, 15) is 22.6 Å². The van der Waals surface area contributed by atoms with Gasteiger partial charge in [-0.25, -0.2) is 17.8 Å². The summed E-state index contributed by atoms with van der Waals surface area (Å²) in [5.41, 5.74) is 3.19. The summed E-state index contributed by atoms with van der Waals surface area (Å²) in [6, 6.07) is 8.63. The number of benzene rings is 2. The molecule has 2 bridgehead atoms. The number of hydrogen-bond acceptors (Lipinski definition) is 6. The fourth-order valence-corrected chi connectivity index (χ4v) is 8.90. The molecule has 13 heteroatoms. The predicted octanol–water partition coefficient (Wildman–Crippen LogP) is 6.93. The lowest BCUT2D eigenvalue weighted by Crippen LogP contribution is -2.44. The van der Waals surface area contributed by atoms with Crippen molar-refractivity contribution in [2.24, 2.45) is 22.1 Å². The standard InChI is InChI=1S/C35H43ClF2N4O5S/c1-22-6-5-8-30(46-2)28-13-10-26(28)20-42-19-25-9-12-27(36)16-23(25)7-3-4-15-47-31-14-11-24(17-29(31)42)33(43)40-48(45,21-22)41-34(44)39-32-18-35(32,37)38/h5,8-9,11-12,14,16-17,22,26,28,30,32H,3-4,6-7,10,13,15,18-21H2,1-2H3,(H2,39,40,41,43,44,45)/b8-5+/t22-,26-,28+,30-,32-,48-/m0/s1. The van der Waals surface area contributed by atoms with Gasteiger partial charge in [0.05, 0.1) is 24.2 Å². The van der Waals surface area contributed by atoms with Crippen LogP contribution in [0.15, 0.2) is 52.9 Å². The van der Waals surface area contributed by atoms with Gasteiger partial charge in [-0.05, 0) is 97.7 Å². The number of carbonyl (C=O) groups excluding carboxylic acids is 2. The number of amides is 3. The number of aryl methyl sites for hydroxylation is 1. The zero-order valence-corrected chi connectivity index (χ0v) is 28.8. The number of allylic oxidation sites excluding steroid dienone is 1. The topological polar surface area (TPSA) is 109 Å². The molecule has 2 aliphatic carbocycles. The molecule has 260 valence electrons. The molecule has 2 N–H and O–H groups in total. The van der Waals surface area contributed by atoms with E-state index in [2.05, 4.69) is 25.4 Å². The molecular weight excluding hydrogens is 662 g/mol. The first kappa shape index (κ1) is 34.6. The van der Waals surface area contributed by atoms with E-state index in [0.717, 1.165) is 37.7 Å². The van der Waals surface area contributed by atoms with Gasteiger partial charge in [0.2, 0.25) is 0 Å². The smallest absolute Gasteiger partial charge is 0.327 e. The molecular formula is C35H43ClF2N4O5S. The Morgan fingerprint density at radius 1 is 1.17 bits per heavy atom. The summed E-state index contributed by atoms with van der Waals surface area (Å²) in [6.07, 6.45) is 8.55. The first-order valence-corrected chi connectivity index (χ1v) is 18.7. The number of ether oxygens (including phenoxy) is 2. The Morgan fingerprint density at radius 2 is 1.98 bits per heavy atom. The Balaban J connectivity index is 1.42. The second kappa shape index (κ2) is 14.3. The van der Waals surface area contributed by atoms with Crippen LogP contribution < -0.4 is 19.7 Å². The van der Waals surface area contributed by atoms with Gasteiger partial charge in [-0.15, -0.1) is 4.36 Å². The second-order valence-electron chi connectivity index (χ2n) is 13.5. The maximum Gasteiger partial charge on any atom is 0.327 e. The van der Waals surface area contributed by atoms with Crippen LogP contribution in [0, 0.1) is 17.8 Å². The molecule has 4 aliphatic rings. The molecule has 0 aromatic heterocycles. The Bertz CT molecular complexity index is 1700. The number of hydrogen-bond donors (Lipinski definition) is 2. The van der Waals surface area contributed by atoms with Gasteiger partial charge in [-0.3, -0.25) is 9.52 Å². The van der Waals surface area contributed by atoms with Crippen molar-refractivity contribution in [1.29, 1.82) is 0 Å². The van der Waals surface area contributed by atoms with Crippen molar-refractivity contribution < 1.29 is 32.1 Å². The highest BCUT2D eigenvalue weighted by Crippen LogP contribution is 2.43. The molecule has 0 spiro atoms. The van der Waals surface area contributed by atoms with Crippen LogP contribution in [0.2, 0.25) is 5.02 Å². The highest BCUT2D eigenvalue weighted by molar-refractivity contribution is 7.92. The zero-order chi connectivity index (χ0) is 34.1. The van der Waals surface area contributed by atoms with Crippen LogP contribution in [0.5, 0.6) is 5.75 Å². The van der Waals surface area contributed by atoms with Gasteiger partial charge in [-0.1, -0.05) is 36.7 Å². The molecule has 3 amide bonds. The molecule has 2 aliphatic heterocycles. The Kier molecular flexibility index (Phi) is 10.3. The quantitative estimate of drug-likeness (QED) is 0.336. The molecule has 0 unspecified atom stereocenters. The molecule has 2 fully saturated rings. The van der Waals surface area contributed by atoms with Crippen LogP contribution in [0.25, 0.3) is 0 Å². The van der Waals surface area contributed by atoms with Gasteiger partial charge in [0.1, 0.15) is 21.7 Å². The number of nitrogens with zero attached hydrogens (tertiary/aromatic N) is 2. The third-order valence-electron chi connectivity index (χ3n) is 9.79. The van der Waals surface area contributed by atoms with Gasteiger partial charge in [-0.2, -0.15) is 0 Å². The van der Waals surface area contributed by atoms with Gasteiger partial charge >= 0.3 is 6.03 Å². The lowest BCUT2D eigenvalue weighted by Gasteiger charge is -2.43. The van der Waals surface area contributed by atoms with E-state index in [-0.39, 0.29) is 29.3 Å². The number of methoxy groups -OCH3 is 1. The second-order valence-corrected chi connectivity index (χ2v) is 16.0. The fraction of sp³-hybridized carbons (Fsp3) is 0.543. The highest BCUT2D eigenvalue weighted by atomic mass is 35.5. The molecule has 0 radical (unpaired) electrons. The van der Waals surface area contributed by atoms with Crippen LogP contribution in [0.3, 0.4) is 0 Å². The van der Waals surface area contributed by atoms with Crippen molar-refractivity contribution >= 4 is 39.1 Å². The summed E-state index contributed by atoms with van der Waals surface area (Å²) in [5, 5.41) is 2.84. The van der Waals surface area contributed by atoms with Crippen LogP contribution in [-0.4, -0.2) is 60.2 Å². The van der Waals surface area contributed by atoms with Crippen molar-refractivity contribution in [3.63, 3.8) is 0 Å². The summed E-state index contributed by atoms with van der Waals surface area (Å²) < 4.78 is 59.8. The number of carbonyl (C=O) groups is 2. The molecule has 2 aromatic carbocycles.